The van der Waals surface area contributed by atoms with E-state index >= 15 is 0 Å². The number of amides is 1. The first-order valence-electron chi connectivity index (χ1n) is 9.30. The van der Waals surface area contributed by atoms with Crippen molar-refractivity contribution in [1.29, 1.82) is 0 Å². The van der Waals surface area contributed by atoms with Crippen LogP contribution in [0.2, 0.25) is 0 Å². The van der Waals surface area contributed by atoms with Gasteiger partial charge in [-0.25, -0.2) is 9.82 Å². The Morgan fingerprint density at radius 3 is 2.50 bits per heavy atom. The summed E-state index contributed by atoms with van der Waals surface area (Å²) in [5, 5.41) is 4.60. The first-order valence-corrected chi connectivity index (χ1v) is 9.30. The summed E-state index contributed by atoms with van der Waals surface area (Å²) in [5.41, 5.74) is 5.93. The molecule has 1 atom stereocenters. The molecule has 1 heterocycles. The van der Waals surface area contributed by atoms with E-state index in [1.807, 2.05) is 32.0 Å². The molecule has 6 heteroatoms. The molecule has 1 aliphatic rings. The van der Waals surface area contributed by atoms with Gasteiger partial charge in [-0.15, -0.1) is 0 Å². The van der Waals surface area contributed by atoms with Crippen LogP contribution in [0.5, 0.6) is 0 Å². The Morgan fingerprint density at radius 1 is 1.14 bits per heavy atom. The van der Waals surface area contributed by atoms with Gasteiger partial charge in [0.2, 0.25) is 0 Å². The lowest BCUT2D eigenvalue weighted by atomic mass is 9.92. The summed E-state index contributed by atoms with van der Waals surface area (Å²) >= 11 is 0. The fourth-order valence-corrected chi connectivity index (χ4v) is 3.48. The third-order valence-corrected chi connectivity index (χ3v) is 4.86. The molecule has 2 N–H and O–H groups in total. The number of Topliss-reactive ketones (excluding diaryl/α,β-unsaturated/α-hetero) is 1. The van der Waals surface area contributed by atoms with Crippen LogP contribution in [0, 0.1) is 5.82 Å². The number of halogens is 1. The smallest absolute Gasteiger partial charge is 0.254 e. The van der Waals surface area contributed by atoms with E-state index in [9.17, 15) is 14.0 Å². The first-order chi connectivity index (χ1) is 13.4. The summed E-state index contributed by atoms with van der Waals surface area (Å²) in [6, 6.07) is 13.1. The highest BCUT2D eigenvalue weighted by Gasteiger charge is 2.30. The number of rotatable bonds is 6. The van der Waals surface area contributed by atoms with Gasteiger partial charge in [-0.3, -0.25) is 9.59 Å². The summed E-state index contributed by atoms with van der Waals surface area (Å²) in [4.78, 5) is 25.4. The van der Waals surface area contributed by atoms with Crippen LogP contribution in [0.1, 0.15) is 43.5 Å². The Morgan fingerprint density at radius 2 is 1.86 bits per heavy atom. The zero-order valence-corrected chi connectivity index (χ0v) is 16.3. The molecule has 5 nitrogen and oxygen atoms in total. The normalized spacial score (nSPS) is 14.5. The van der Waals surface area contributed by atoms with Gasteiger partial charge in [0, 0.05) is 17.8 Å². The second-order valence-electron chi connectivity index (χ2n) is 6.75. The van der Waals surface area contributed by atoms with E-state index in [4.69, 9.17) is 0 Å². The maximum Gasteiger partial charge on any atom is 0.254 e. The predicted octanol–water partition coefficient (Wildman–Crippen LogP) is 3.34. The summed E-state index contributed by atoms with van der Waals surface area (Å²) in [6.07, 6.45) is 0. The molecule has 146 valence electrons. The SMILES string of the molecule is CCNN1Cc2c(F)cccc2C(C(=O)N[C@H](C(C)=O)c2ccccc2)=C1C. The van der Waals surface area contributed by atoms with Crippen LogP contribution in [0.25, 0.3) is 5.57 Å². The third-order valence-electron chi connectivity index (χ3n) is 4.86. The number of carbonyl (C=O) groups excluding carboxylic acids is 2. The van der Waals surface area contributed by atoms with E-state index in [2.05, 4.69) is 10.7 Å². The molecular formula is C22H24FN3O2. The van der Waals surface area contributed by atoms with Gasteiger partial charge in [-0.1, -0.05) is 49.4 Å². The molecule has 0 spiro atoms. The lowest BCUT2D eigenvalue weighted by molar-refractivity contribution is -0.124. The largest absolute Gasteiger partial charge is 0.338 e. The molecule has 2 aromatic carbocycles. The minimum atomic E-state index is -0.763. The van der Waals surface area contributed by atoms with Crippen LogP contribution in [-0.2, 0) is 16.1 Å². The lowest BCUT2D eigenvalue weighted by Gasteiger charge is -2.33. The Kier molecular flexibility index (Phi) is 5.90. The Labute approximate surface area is 164 Å². The maximum atomic E-state index is 14.4. The monoisotopic (exact) mass is 381 g/mol. The third kappa shape index (κ3) is 3.82. The molecule has 0 unspecified atom stereocenters. The van der Waals surface area contributed by atoms with Crippen molar-refractivity contribution in [2.24, 2.45) is 0 Å². The molecule has 1 aliphatic heterocycles. The fourth-order valence-electron chi connectivity index (χ4n) is 3.48. The second-order valence-corrected chi connectivity index (χ2v) is 6.75. The molecule has 3 rings (SSSR count). The number of benzene rings is 2. The van der Waals surface area contributed by atoms with Crippen LogP contribution in [-0.4, -0.2) is 23.2 Å². The van der Waals surface area contributed by atoms with Gasteiger partial charge in [0.25, 0.3) is 5.91 Å². The average Bonchev–Trinajstić information content (AvgIpc) is 2.68. The summed E-state index contributed by atoms with van der Waals surface area (Å²) in [5.74, 6) is -0.933. The average molecular weight is 381 g/mol. The Balaban J connectivity index is 2.01. The molecule has 0 aromatic heterocycles. The van der Waals surface area contributed by atoms with Crippen molar-refractivity contribution in [2.75, 3.05) is 6.54 Å². The first kappa shape index (κ1) is 19.8. The number of nitrogens with zero attached hydrogens (tertiary/aromatic N) is 1. The van der Waals surface area contributed by atoms with Gasteiger partial charge in [0.1, 0.15) is 11.9 Å². The molecule has 2 aromatic rings. The van der Waals surface area contributed by atoms with Crippen LogP contribution in [0.15, 0.2) is 54.2 Å². The minimum absolute atomic E-state index is 0.170. The zero-order chi connectivity index (χ0) is 20.3. The van der Waals surface area contributed by atoms with Crippen LogP contribution in [0.3, 0.4) is 0 Å². The van der Waals surface area contributed by atoms with Gasteiger partial charge in [-0.05, 0) is 31.0 Å². The quantitative estimate of drug-likeness (QED) is 0.806. The second kappa shape index (κ2) is 8.35. The van der Waals surface area contributed by atoms with Crippen molar-refractivity contribution < 1.29 is 14.0 Å². The van der Waals surface area contributed by atoms with Crippen molar-refractivity contribution in [3.05, 3.63) is 76.7 Å². The predicted molar refractivity (Wildman–Crippen MR) is 106 cm³/mol. The van der Waals surface area contributed by atoms with Crippen molar-refractivity contribution in [1.82, 2.24) is 15.8 Å². The van der Waals surface area contributed by atoms with E-state index in [1.165, 1.54) is 13.0 Å². The Bertz CT molecular complexity index is 925. The molecule has 0 fully saturated rings. The molecule has 1 amide bonds. The fraction of sp³-hybridized carbons (Fsp3) is 0.273. The number of nitrogens with one attached hydrogen (secondary N) is 2. The highest BCUT2D eigenvalue weighted by Crippen LogP contribution is 2.32. The molecule has 0 saturated carbocycles. The molecule has 28 heavy (non-hydrogen) atoms. The molecule has 0 bridgehead atoms. The van der Waals surface area contributed by atoms with E-state index < -0.39 is 11.9 Å². The van der Waals surface area contributed by atoms with Crippen LogP contribution < -0.4 is 10.7 Å². The topological polar surface area (TPSA) is 61.4 Å². The number of hydrogen-bond acceptors (Lipinski definition) is 4. The van der Waals surface area contributed by atoms with Gasteiger partial charge in [-0.2, -0.15) is 0 Å². The van der Waals surface area contributed by atoms with E-state index in [0.29, 0.717) is 41.1 Å². The molecular weight excluding hydrogens is 357 g/mol. The van der Waals surface area contributed by atoms with Crippen LogP contribution in [0.4, 0.5) is 4.39 Å². The van der Waals surface area contributed by atoms with Crippen molar-refractivity contribution in [2.45, 2.75) is 33.4 Å². The van der Waals surface area contributed by atoms with Gasteiger partial charge < -0.3 is 10.3 Å². The summed E-state index contributed by atoms with van der Waals surface area (Å²) in [6.45, 7) is 6.16. The number of ketones is 1. The standard InChI is InChI=1S/C22H24FN3O2/c1-4-24-26-13-18-17(11-8-12-19(18)23)20(14(26)2)22(28)25-21(15(3)27)16-9-6-5-7-10-16/h5-12,21,24H,4,13H2,1-3H3,(H,25,28)/t21-/m1/s1. The highest BCUT2D eigenvalue weighted by molar-refractivity contribution is 6.21. The van der Waals surface area contributed by atoms with Gasteiger partial charge in [0.05, 0.1) is 12.1 Å². The number of allylic oxidation sites excluding steroid dienone is 1. The Hall–Kier alpha value is -2.99. The number of fused-ring (bicyclic) bond motifs is 1. The minimum Gasteiger partial charge on any atom is -0.338 e. The number of hydrazine groups is 1. The van der Waals surface area contributed by atoms with Crippen LogP contribution >= 0.6 is 0 Å². The highest BCUT2D eigenvalue weighted by atomic mass is 19.1. The summed E-state index contributed by atoms with van der Waals surface area (Å²) in [7, 11) is 0. The molecule has 0 saturated heterocycles. The molecule has 0 aliphatic carbocycles. The molecule has 0 radical (unpaired) electrons. The van der Waals surface area contributed by atoms with Gasteiger partial charge in [0.15, 0.2) is 5.78 Å². The van der Waals surface area contributed by atoms with Crippen molar-refractivity contribution >= 4 is 17.3 Å². The van der Waals surface area contributed by atoms with E-state index in [1.54, 1.807) is 29.3 Å². The van der Waals surface area contributed by atoms with E-state index in [0.717, 1.165) is 0 Å². The van der Waals surface area contributed by atoms with Gasteiger partial charge >= 0.3 is 0 Å². The summed E-state index contributed by atoms with van der Waals surface area (Å²) < 4.78 is 14.4. The van der Waals surface area contributed by atoms with E-state index in [-0.39, 0.29) is 11.6 Å². The number of carbonyl (C=O) groups is 2. The van der Waals surface area contributed by atoms with Crippen molar-refractivity contribution in [3.8, 4) is 0 Å². The number of hydrogen-bond donors (Lipinski definition) is 2. The maximum absolute atomic E-state index is 14.4. The lowest BCUT2D eigenvalue weighted by Crippen LogP contribution is -2.42. The van der Waals surface area contributed by atoms with Crippen molar-refractivity contribution in [3.63, 3.8) is 0 Å². The zero-order valence-electron chi connectivity index (χ0n) is 16.3.